The minimum Gasteiger partial charge on any atom is -0.497 e. The fourth-order valence-corrected chi connectivity index (χ4v) is 3.06. The fourth-order valence-electron chi connectivity index (χ4n) is 2.36. The van der Waals surface area contributed by atoms with Crippen LogP contribution in [0.1, 0.15) is 21.7 Å². The number of hydrogen-bond acceptors (Lipinski definition) is 6. The second-order valence-corrected chi connectivity index (χ2v) is 6.54. The summed E-state index contributed by atoms with van der Waals surface area (Å²) in [4.78, 5) is 20.9. The van der Waals surface area contributed by atoms with Crippen LogP contribution in [0.5, 0.6) is 5.75 Å². The van der Waals surface area contributed by atoms with Gasteiger partial charge in [0.15, 0.2) is 5.13 Å². The number of benzene rings is 1. The van der Waals surface area contributed by atoms with Crippen molar-refractivity contribution in [1.29, 1.82) is 0 Å². The Kier molecular flexibility index (Phi) is 5.80. The number of rotatable bonds is 7. The quantitative estimate of drug-likeness (QED) is 0.667. The molecule has 6 nitrogen and oxygen atoms in total. The average Bonchev–Trinajstić information content (AvgIpc) is 3.11. The second kappa shape index (κ2) is 8.44. The van der Waals surface area contributed by atoms with Gasteiger partial charge in [-0.15, -0.1) is 11.3 Å². The molecule has 0 fully saturated rings. The van der Waals surface area contributed by atoms with Crippen LogP contribution in [0.2, 0.25) is 0 Å². The lowest BCUT2D eigenvalue weighted by Gasteiger charge is -2.05. The molecule has 0 unspecified atom stereocenters. The molecule has 3 rings (SSSR count). The Morgan fingerprint density at radius 2 is 1.96 bits per heavy atom. The number of carbonyl (C=O) groups is 1. The molecule has 0 spiro atoms. The molecule has 0 bridgehead atoms. The van der Waals surface area contributed by atoms with Crippen molar-refractivity contribution in [2.24, 2.45) is 0 Å². The van der Waals surface area contributed by atoms with Crippen LogP contribution in [0.15, 0.2) is 47.8 Å². The first-order chi connectivity index (χ1) is 12.6. The van der Waals surface area contributed by atoms with Gasteiger partial charge in [0.05, 0.1) is 7.11 Å². The van der Waals surface area contributed by atoms with Crippen molar-refractivity contribution in [1.82, 2.24) is 15.3 Å². The van der Waals surface area contributed by atoms with E-state index in [4.69, 9.17) is 4.74 Å². The molecule has 1 amide bonds. The third-order valence-corrected chi connectivity index (χ3v) is 4.48. The first-order valence-electron chi connectivity index (χ1n) is 8.21. The molecule has 0 aliphatic rings. The Balaban J connectivity index is 1.51. The summed E-state index contributed by atoms with van der Waals surface area (Å²) in [6.45, 7) is 2.47. The number of anilines is 2. The molecular formula is C19H20N4O2S. The maximum atomic E-state index is 12.2. The number of aryl methyl sites for hydroxylation is 1. The molecule has 134 valence electrons. The molecule has 1 aromatic carbocycles. The predicted molar refractivity (Wildman–Crippen MR) is 103 cm³/mol. The summed E-state index contributed by atoms with van der Waals surface area (Å²) in [7, 11) is 1.64. The Labute approximate surface area is 156 Å². The van der Waals surface area contributed by atoms with E-state index in [1.807, 2.05) is 49.4 Å². The van der Waals surface area contributed by atoms with Crippen LogP contribution >= 0.6 is 11.3 Å². The molecule has 2 heterocycles. The first kappa shape index (κ1) is 17.9. The molecule has 7 heteroatoms. The maximum Gasteiger partial charge on any atom is 0.270 e. The zero-order valence-corrected chi connectivity index (χ0v) is 15.5. The van der Waals surface area contributed by atoms with Crippen molar-refractivity contribution in [2.75, 3.05) is 19.0 Å². The van der Waals surface area contributed by atoms with E-state index in [1.165, 1.54) is 11.3 Å². The minimum absolute atomic E-state index is 0.181. The standard InChI is InChI=1S/C19H20N4O2S/c1-13-4-3-5-17(21-13)23-19-22-16(12-26-19)18(24)20-11-10-14-6-8-15(25-2)9-7-14/h3-9,12H,10-11H2,1-2H3,(H,20,24)(H,21,22,23). The molecule has 0 saturated heterocycles. The average molecular weight is 368 g/mol. The molecule has 26 heavy (non-hydrogen) atoms. The summed E-state index contributed by atoms with van der Waals surface area (Å²) in [5.41, 5.74) is 2.46. The molecule has 0 radical (unpaired) electrons. The van der Waals surface area contributed by atoms with E-state index >= 15 is 0 Å². The van der Waals surface area contributed by atoms with Crippen LogP contribution in [0.25, 0.3) is 0 Å². The molecule has 0 aliphatic carbocycles. The van der Waals surface area contributed by atoms with Gasteiger partial charge in [-0.2, -0.15) is 0 Å². The minimum atomic E-state index is -0.181. The highest BCUT2D eigenvalue weighted by molar-refractivity contribution is 7.14. The Morgan fingerprint density at radius 1 is 1.15 bits per heavy atom. The Bertz CT molecular complexity index is 877. The lowest BCUT2D eigenvalue weighted by Crippen LogP contribution is -2.25. The summed E-state index contributed by atoms with van der Waals surface area (Å²) in [6, 6.07) is 13.5. The number of methoxy groups -OCH3 is 1. The van der Waals surface area contributed by atoms with E-state index in [-0.39, 0.29) is 5.91 Å². The van der Waals surface area contributed by atoms with Crippen molar-refractivity contribution in [2.45, 2.75) is 13.3 Å². The van der Waals surface area contributed by atoms with Crippen LogP contribution in [-0.2, 0) is 6.42 Å². The van der Waals surface area contributed by atoms with Crippen LogP contribution in [-0.4, -0.2) is 29.5 Å². The van der Waals surface area contributed by atoms with Crippen molar-refractivity contribution in [3.63, 3.8) is 0 Å². The highest BCUT2D eigenvalue weighted by Gasteiger charge is 2.10. The van der Waals surface area contributed by atoms with Gasteiger partial charge >= 0.3 is 0 Å². The second-order valence-electron chi connectivity index (χ2n) is 5.68. The molecule has 2 aromatic heterocycles. The number of amides is 1. The van der Waals surface area contributed by atoms with Crippen molar-refractivity contribution in [3.8, 4) is 5.75 Å². The summed E-state index contributed by atoms with van der Waals surface area (Å²) >= 11 is 1.38. The van der Waals surface area contributed by atoms with Crippen LogP contribution in [0.4, 0.5) is 10.9 Å². The molecular weight excluding hydrogens is 348 g/mol. The van der Waals surface area contributed by atoms with Crippen molar-refractivity contribution in [3.05, 3.63) is 64.8 Å². The molecule has 2 N–H and O–H groups in total. The van der Waals surface area contributed by atoms with Gasteiger partial charge in [0, 0.05) is 17.6 Å². The number of hydrogen-bond donors (Lipinski definition) is 2. The number of nitrogens with zero attached hydrogens (tertiary/aromatic N) is 2. The van der Waals surface area contributed by atoms with Gasteiger partial charge in [0.25, 0.3) is 5.91 Å². The van der Waals surface area contributed by atoms with Crippen molar-refractivity contribution >= 4 is 28.2 Å². The zero-order chi connectivity index (χ0) is 18.4. The van der Waals surface area contributed by atoms with Gasteiger partial charge in [-0.25, -0.2) is 9.97 Å². The highest BCUT2D eigenvalue weighted by Crippen LogP contribution is 2.20. The highest BCUT2D eigenvalue weighted by atomic mass is 32.1. The monoisotopic (exact) mass is 368 g/mol. The predicted octanol–water partition coefficient (Wildman–Crippen LogP) is 3.57. The number of carbonyl (C=O) groups excluding carboxylic acids is 1. The third kappa shape index (κ3) is 4.80. The SMILES string of the molecule is COc1ccc(CCNC(=O)c2csc(Nc3cccc(C)n3)n2)cc1. The van der Waals surface area contributed by atoms with Crippen LogP contribution < -0.4 is 15.4 Å². The van der Waals surface area contributed by atoms with Gasteiger partial charge < -0.3 is 15.4 Å². The normalized spacial score (nSPS) is 10.4. The van der Waals surface area contributed by atoms with Gasteiger partial charge in [0.2, 0.25) is 0 Å². The summed E-state index contributed by atoms with van der Waals surface area (Å²) in [5, 5.41) is 8.39. The number of aromatic nitrogens is 2. The number of nitrogens with one attached hydrogen (secondary N) is 2. The summed E-state index contributed by atoms with van der Waals surface area (Å²) in [6.07, 6.45) is 0.748. The van der Waals surface area contributed by atoms with Crippen LogP contribution in [0, 0.1) is 6.92 Å². The van der Waals surface area contributed by atoms with E-state index in [2.05, 4.69) is 20.6 Å². The Hall–Kier alpha value is -2.93. The topological polar surface area (TPSA) is 76.1 Å². The van der Waals surface area contributed by atoms with E-state index in [0.717, 1.165) is 23.4 Å². The smallest absolute Gasteiger partial charge is 0.270 e. The number of pyridine rings is 1. The summed E-state index contributed by atoms with van der Waals surface area (Å²) < 4.78 is 5.13. The number of ether oxygens (including phenoxy) is 1. The molecule has 0 saturated carbocycles. The zero-order valence-electron chi connectivity index (χ0n) is 14.7. The van der Waals surface area contributed by atoms with Gasteiger partial charge in [-0.3, -0.25) is 4.79 Å². The first-order valence-corrected chi connectivity index (χ1v) is 9.09. The van der Waals surface area contributed by atoms with E-state index < -0.39 is 0 Å². The van der Waals surface area contributed by atoms with E-state index in [0.29, 0.717) is 23.2 Å². The van der Waals surface area contributed by atoms with E-state index in [1.54, 1.807) is 12.5 Å². The third-order valence-electron chi connectivity index (χ3n) is 3.72. The molecule has 0 aliphatic heterocycles. The lowest BCUT2D eigenvalue weighted by molar-refractivity contribution is 0.0950. The number of thiazole rings is 1. The van der Waals surface area contributed by atoms with E-state index in [9.17, 15) is 4.79 Å². The summed E-state index contributed by atoms with van der Waals surface area (Å²) in [5.74, 6) is 1.36. The molecule has 0 atom stereocenters. The van der Waals surface area contributed by atoms with Gasteiger partial charge in [-0.05, 0) is 43.2 Å². The van der Waals surface area contributed by atoms with Crippen LogP contribution in [0.3, 0.4) is 0 Å². The largest absolute Gasteiger partial charge is 0.497 e. The maximum absolute atomic E-state index is 12.2. The molecule has 3 aromatic rings. The lowest BCUT2D eigenvalue weighted by atomic mass is 10.1. The fraction of sp³-hybridized carbons (Fsp3) is 0.211. The van der Waals surface area contributed by atoms with Gasteiger partial charge in [0.1, 0.15) is 17.3 Å². The Morgan fingerprint density at radius 3 is 2.69 bits per heavy atom. The van der Waals surface area contributed by atoms with Gasteiger partial charge in [-0.1, -0.05) is 18.2 Å². The van der Waals surface area contributed by atoms with Crippen molar-refractivity contribution < 1.29 is 9.53 Å².